The molecule has 8 nitrogen and oxygen atoms in total. The van der Waals surface area contributed by atoms with E-state index in [1.807, 2.05) is 78.7 Å². The molecular weight excluding hydrogens is 468 g/mol. The summed E-state index contributed by atoms with van der Waals surface area (Å²) < 4.78 is 17.1. The van der Waals surface area contributed by atoms with Gasteiger partial charge in [0.15, 0.2) is 11.5 Å². The number of likely N-dealkylation sites (N-methyl/N-ethyl adjacent to an activating group) is 1. The molecule has 2 aromatic carbocycles. The quantitative estimate of drug-likeness (QED) is 0.333. The summed E-state index contributed by atoms with van der Waals surface area (Å²) in [6, 6.07) is 21.3. The molecule has 0 spiro atoms. The van der Waals surface area contributed by atoms with Gasteiger partial charge < -0.3 is 24.0 Å². The monoisotopic (exact) mass is 498 g/mol. The maximum Gasteiger partial charge on any atom is 0.320 e. The maximum atomic E-state index is 13.1. The van der Waals surface area contributed by atoms with Crippen LogP contribution in [0.15, 0.2) is 72.9 Å². The fourth-order valence-electron chi connectivity index (χ4n) is 4.66. The van der Waals surface area contributed by atoms with Crippen molar-refractivity contribution in [3.8, 4) is 28.6 Å². The van der Waals surface area contributed by atoms with E-state index in [1.54, 1.807) is 25.3 Å². The van der Waals surface area contributed by atoms with Crippen LogP contribution in [0.3, 0.4) is 0 Å². The molecule has 1 fully saturated rings. The number of fused-ring (bicyclic) bond motifs is 1. The zero-order valence-electron chi connectivity index (χ0n) is 21.4. The van der Waals surface area contributed by atoms with Gasteiger partial charge in [0.25, 0.3) is 0 Å². The van der Waals surface area contributed by atoms with Crippen molar-refractivity contribution in [1.82, 2.24) is 19.8 Å². The third kappa shape index (κ3) is 4.74. The largest absolute Gasteiger partial charge is 0.493 e. The van der Waals surface area contributed by atoms with Crippen LogP contribution in [0.2, 0.25) is 0 Å². The molecular formula is C29H30N4O4. The van der Waals surface area contributed by atoms with E-state index in [-0.39, 0.29) is 18.1 Å². The van der Waals surface area contributed by atoms with Crippen molar-refractivity contribution in [1.29, 1.82) is 0 Å². The Hall–Kier alpha value is -4.33. The summed E-state index contributed by atoms with van der Waals surface area (Å²) in [7, 11) is 5.03. The predicted molar refractivity (Wildman–Crippen MR) is 142 cm³/mol. The topological polar surface area (TPSA) is 77.0 Å². The first-order valence-electron chi connectivity index (χ1n) is 12.2. The van der Waals surface area contributed by atoms with Crippen molar-refractivity contribution in [3.05, 3.63) is 78.5 Å². The average Bonchev–Trinajstić information content (AvgIpc) is 3.24. The minimum absolute atomic E-state index is 0.0106. The van der Waals surface area contributed by atoms with Crippen LogP contribution < -0.4 is 14.2 Å². The Kier molecular flexibility index (Phi) is 6.81. The SMILES string of the molecule is COc1ccc(-c2cc3ncccc3c(OCC3CN([C@H](C)c4ccccc4)C(=O)N3C)n2)cc1OC. The summed E-state index contributed by atoms with van der Waals surface area (Å²) in [5, 5.41) is 0.813. The fraction of sp³-hybridized carbons (Fsp3) is 0.276. The van der Waals surface area contributed by atoms with Gasteiger partial charge in [-0.15, -0.1) is 0 Å². The van der Waals surface area contributed by atoms with Crippen LogP contribution >= 0.6 is 0 Å². The van der Waals surface area contributed by atoms with Gasteiger partial charge >= 0.3 is 6.03 Å². The molecule has 37 heavy (non-hydrogen) atoms. The smallest absolute Gasteiger partial charge is 0.320 e. The van der Waals surface area contributed by atoms with Crippen molar-refractivity contribution in [2.24, 2.45) is 0 Å². The number of benzene rings is 2. The lowest BCUT2D eigenvalue weighted by atomic mass is 10.1. The van der Waals surface area contributed by atoms with Gasteiger partial charge in [0.05, 0.1) is 42.9 Å². The molecule has 5 rings (SSSR count). The highest BCUT2D eigenvalue weighted by atomic mass is 16.5. The van der Waals surface area contributed by atoms with Crippen LogP contribution in [0.25, 0.3) is 22.2 Å². The van der Waals surface area contributed by atoms with Crippen molar-refractivity contribution in [2.45, 2.75) is 19.0 Å². The van der Waals surface area contributed by atoms with Crippen LogP contribution in [0.5, 0.6) is 17.4 Å². The first-order chi connectivity index (χ1) is 18.0. The second-order valence-corrected chi connectivity index (χ2v) is 9.05. The number of carbonyl (C=O) groups excluding carboxylic acids is 1. The highest BCUT2D eigenvalue weighted by Gasteiger charge is 2.38. The molecule has 2 atom stereocenters. The standard InChI is InChI=1S/C29H30N4O4/c1-19(20-9-6-5-7-10-20)33-17-22(32(2)29(33)34)18-37-28-23-11-8-14-30-25(23)16-24(31-28)21-12-13-26(35-3)27(15-21)36-4/h5-16,19,22H,17-18H2,1-4H3/t19-,22?/m1/s1. The molecule has 0 radical (unpaired) electrons. The summed E-state index contributed by atoms with van der Waals surface area (Å²) in [5.74, 6) is 1.74. The summed E-state index contributed by atoms with van der Waals surface area (Å²) in [5.41, 5.74) is 3.43. The molecule has 1 aliphatic heterocycles. The van der Waals surface area contributed by atoms with E-state index in [2.05, 4.69) is 11.9 Å². The molecule has 2 amide bonds. The lowest BCUT2D eigenvalue weighted by Gasteiger charge is -2.24. The number of urea groups is 1. The number of nitrogens with zero attached hydrogens (tertiary/aromatic N) is 4. The number of ether oxygens (including phenoxy) is 3. The Balaban J connectivity index is 1.40. The zero-order chi connectivity index (χ0) is 25.9. The molecule has 0 saturated carbocycles. The van der Waals surface area contributed by atoms with E-state index in [1.165, 1.54) is 0 Å². The summed E-state index contributed by atoms with van der Waals surface area (Å²) in [6.07, 6.45) is 1.75. The minimum Gasteiger partial charge on any atom is -0.493 e. The highest BCUT2D eigenvalue weighted by Crippen LogP contribution is 2.34. The minimum atomic E-state index is -0.114. The summed E-state index contributed by atoms with van der Waals surface area (Å²) >= 11 is 0. The van der Waals surface area contributed by atoms with Crippen molar-refractivity contribution in [3.63, 3.8) is 0 Å². The Morgan fingerprint density at radius 1 is 1.00 bits per heavy atom. The number of amides is 2. The van der Waals surface area contributed by atoms with Gasteiger partial charge in [0.1, 0.15) is 6.61 Å². The molecule has 0 N–H and O–H groups in total. The molecule has 2 aromatic heterocycles. The molecule has 1 unspecified atom stereocenters. The molecule has 3 heterocycles. The van der Waals surface area contributed by atoms with E-state index in [0.717, 1.165) is 22.0 Å². The maximum absolute atomic E-state index is 13.1. The lowest BCUT2D eigenvalue weighted by molar-refractivity contribution is 0.179. The van der Waals surface area contributed by atoms with Crippen molar-refractivity contribution in [2.75, 3.05) is 34.4 Å². The number of rotatable bonds is 8. The second kappa shape index (κ2) is 10.3. The van der Waals surface area contributed by atoms with Crippen LogP contribution in [0.4, 0.5) is 4.79 Å². The number of aromatic nitrogens is 2. The predicted octanol–water partition coefficient (Wildman–Crippen LogP) is 5.19. The number of carbonyl (C=O) groups is 1. The lowest BCUT2D eigenvalue weighted by Crippen LogP contribution is -2.35. The molecule has 1 aliphatic rings. The van der Waals surface area contributed by atoms with E-state index in [4.69, 9.17) is 19.2 Å². The van der Waals surface area contributed by atoms with E-state index in [0.29, 0.717) is 36.2 Å². The number of pyridine rings is 2. The number of hydrogen-bond acceptors (Lipinski definition) is 6. The average molecular weight is 499 g/mol. The van der Waals surface area contributed by atoms with Crippen molar-refractivity contribution >= 4 is 16.9 Å². The van der Waals surface area contributed by atoms with Gasteiger partial charge in [0, 0.05) is 25.4 Å². The molecule has 0 bridgehead atoms. The third-order valence-electron chi connectivity index (χ3n) is 6.91. The van der Waals surface area contributed by atoms with Gasteiger partial charge in [-0.05, 0) is 48.9 Å². The van der Waals surface area contributed by atoms with Crippen LogP contribution in [0, 0.1) is 0 Å². The molecule has 0 aliphatic carbocycles. The van der Waals surface area contributed by atoms with E-state index < -0.39 is 0 Å². The van der Waals surface area contributed by atoms with Gasteiger partial charge in [-0.3, -0.25) is 4.98 Å². The van der Waals surface area contributed by atoms with Crippen molar-refractivity contribution < 1.29 is 19.0 Å². The highest BCUT2D eigenvalue weighted by molar-refractivity contribution is 5.87. The first-order valence-corrected chi connectivity index (χ1v) is 12.2. The Morgan fingerprint density at radius 2 is 1.78 bits per heavy atom. The van der Waals surface area contributed by atoms with Crippen LogP contribution in [0.1, 0.15) is 18.5 Å². The first kappa shape index (κ1) is 24.4. The Labute approximate surface area is 216 Å². The summed E-state index contributed by atoms with van der Waals surface area (Å²) in [4.78, 5) is 26.1. The molecule has 8 heteroatoms. The molecule has 190 valence electrons. The van der Waals surface area contributed by atoms with Gasteiger partial charge in [-0.2, -0.15) is 0 Å². The van der Waals surface area contributed by atoms with Crippen LogP contribution in [-0.2, 0) is 0 Å². The van der Waals surface area contributed by atoms with Gasteiger partial charge in [0.2, 0.25) is 5.88 Å². The molecule has 1 saturated heterocycles. The Morgan fingerprint density at radius 3 is 2.54 bits per heavy atom. The fourth-order valence-corrected chi connectivity index (χ4v) is 4.66. The van der Waals surface area contributed by atoms with Gasteiger partial charge in [-0.25, -0.2) is 9.78 Å². The zero-order valence-corrected chi connectivity index (χ0v) is 21.4. The third-order valence-corrected chi connectivity index (χ3v) is 6.91. The van der Waals surface area contributed by atoms with Crippen LogP contribution in [-0.4, -0.2) is 66.3 Å². The molecule has 4 aromatic rings. The Bertz CT molecular complexity index is 1410. The summed E-state index contributed by atoms with van der Waals surface area (Å²) in [6.45, 7) is 2.93. The van der Waals surface area contributed by atoms with Gasteiger partial charge in [-0.1, -0.05) is 30.3 Å². The number of methoxy groups -OCH3 is 2. The van der Waals surface area contributed by atoms with E-state index in [9.17, 15) is 4.79 Å². The van der Waals surface area contributed by atoms with E-state index >= 15 is 0 Å². The second-order valence-electron chi connectivity index (χ2n) is 9.05. The number of hydrogen-bond donors (Lipinski definition) is 0. The normalized spacial score (nSPS) is 16.2.